The van der Waals surface area contributed by atoms with Crippen molar-refractivity contribution in [3.63, 3.8) is 0 Å². The number of benzene rings is 2. The molecule has 0 saturated heterocycles. The van der Waals surface area contributed by atoms with Gasteiger partial charge in [0.25, 0.3) is 5.91 Å². The molecule has 4 nitrogen and oxygen atoms in total. The number of allylic oxidation sites excluding steroid dienone is 1. The molecule has 0 atom stereocenters. The van der Waals surface area contributed by atoms with Crippen LogP contribution in [0, 0.1) is 13.8 Å². The molecule has 0 aromatic heterocycles. The van der Waals surface area contributed by atoms with E-state index in [-0.39, 0.29) is 5.91 Å². The number of anilines is 1. The van der Waals surface area contributed by atoms with Gasteiger partial charge in [-0.05, 0) is 75.2 Å². The molecule has 1 N–H and O–H groups in total. The zero-order chi connectivity index (χ0) is 18.9. The highest BCUT2D eigenvalue weighted by molar-refractivity contribution is 6.04. The lowest BCUT2D eigenvalue weighted by Gasteiger charge is -2.11. The van der Waals surface area contributed by atoms with Gasteiger partial charge in [-0.15, -0.1) is 0 Å². The highest BCUT2D eigenvalue weighted by atomic mass is 16.5. The first-order chi connectivity index (χ1) is 12.5. The lowest BCUT2D eigenvalue weighted by molar-refractivity contribution is 0.102. The molecule has 4 heteroatoms. The molecular weight excluding hydrogens is 324 g/mol. The second-order valence-corrected chi connectivity index (χ2v) is 5.98. The van der Waals surface area contributed by atoms with Crippen molar-refractivity contribution in [3.8, 4) is 5.75 Å². The minimum absolute atomic E-state index is 0.132. The molecule has 0 aliphatic carbocycles. The van der Waals surface area contributed by atoms with Crippen LogP contribution in [0.2, 0.25) is 0 Å². The Kier molecular flexibility index (Phi) is 7.15. The third-order valence-corrected chi connectivity index (χ3v) is 4.08. The molecule has 0 heterocycles. The molecule has 0 aliphatic rings. The van der Waals surface area contributed by atoms with Crippen LogP contribution in [0.3, 0.4) is 0 Å². The summed E-state index contributed by atoms with van der Waals surface area (Å²) in [7, 11) is 0. The van der Waals surface area contributed by atoms with Crippen LogP contribution in [-0.2, 0) is 0 Å². The van der Waals surface area contributed by atoms with E-state index in [9.17, 15) is 4.79 Å². The number of aryl methyl sites for hydroxylation is 1. The minimum Gasteiger partial charge on any atom is -0.487 e. The fraction of sp³-hybridized carbons (Fsp3) is 0.273. The smallest absolute Gasteiger partial charge is 0.255 e. The molecule has 0 unspecified atom stereocenters. The third kappa shape index (κ3) is 5.31. The predicted molar refractivity (Wildman–Crippen MR) is 109 cm³/mol. The van der Waals surface area contributed by atoms with Gasteiger partial charge in [-0.25, -0.2) is 0 Å². The van der Waals surface area contributed by atoms with Crippen molar-refractivity contribution in [2.24, 2.45) is 4.99 Å². The molecular formula is C22H26N2O2. The fourth-order valence-electron chi connectivity index (χ4n) is 2.48. The van der Waals surface area contributed by atoms with Crippen LogP contribution in [0.1, 0.15) is 35.3 Å². The second kappa shape index (κ2) is 9.56. The Labute approximate surface area is 155 Å². The van der Waals surface area contributed by atoms with Gasteiger partial charge >= 0.3 is 0 Å². The number of amides is 1. The van der Waals surface area contributed by atoms with Crippen molar-refractivity contribution in [3.05, 3.63) is 71.3 Å². The summed E-state index contributed by atoms with van der Waals surface area (Å²) in [5.41, 5.74) is 4.55. The Hall–Kier alpha value is -2.88. The SMILES string of the molecule is C/C=C\C(COc1ccc(C(=O)Nc2cccc(C)c2C)cc1)=NCC. The molecule has 0 saturated carbocycles. The van der Waals surface area contributed by atoms with Gasteiger partial charge < -0.3 is 10.1 Å². The third-order valence-electron chi connectivity index (χ3n) is 4.08. The standard InChI is InChI=1S/C22H26N2O2/c1-5-8-19(23-6-2)15-26-20-13-11-18(12-14-20)22(25)24-21-10-7-9-16(3)17(21)4/h5,7-14H,6,15H2,1-4H3,(H,24,25)/b8-5-,23-19?. The van der Waals surface area contributed by atoms with Gasteiger partial charge in [-0.1, -0.05) is 18.2 Å². The lowest BCUT2D eigenvalue weighted by Crippen LogP contribution is -2.13. The number of rotatable bonds is 7. The number of nitrogens with one attached hydrogen (secondary N) is 1. The number of nitrogens with zero attached hydrogens (tertiary/aromatic N) is 1. The van der Waals surface area contributed by atoms with Gasteiger partial charge in [0.05, 0.1) is 5.71 Å². The van der Waals surface area contributed by atoms with Gasteiger partial charge in [-0.3, -0.25) is 9.79 Å². The number of carbonyl (C=O) groups excluding carboxylic acids is 1. The fourth-order valence-corrected chi connectivity index (χ4v) is 2.48. The average Bonchev–Trinajstić information content (AvgIpc) is 2.64. The summed E-state index contributed by atoms with van der Waals surface area (Å²) >= 11 is 0. The molecule has 1 amide bonds. The summed E-state index contributed by atoms with van der Waals surface area (Å²) in [6, 6.07) is 13.0. The largest absolute Gasteiger partial charge is 0.487 e. The van der Waals surface area contributed by atoms with Crippen molar-refractivity contribution in [1.29, 1.82) is 0 Å². The number of aliphatic imine (C=N–C) groups is 1. The maximum Gasteiger partial charge on any atom is 0.255 e. The first-order valence-electron chi connectivity index (χ1n) is 8.81. The maximum absolute atomic E-state index is 12.4. The summed E-state index contributed by atoms with van der Waals surface area (Å²) in [6.07, 6.45) is 3.88. The summed E-state index contributed by atoms with van der Waals surface area (Å²) in [4.78, 5) is 16.8. The van der Waals surface area contributed by atoms with Crippen molar-refractivity contribution < 1.29 is 9.53 Å². The Balaban J connectivity index is 2.01. The average molecular weight is 350 g/mol. The molecule has 0 fully saturated rings. The van der Waals surface area contributed by atoms with Gasteiger partial charge in [0.1, 0.15) is 12.4 Å². The maximum atomic E-state index is 12.4. The molecule has 0 spiro atoms. The summed E-state index contributed by atoms with van der Waals surface area (Å²) in [5.74, 6) is 0.578. The van der Waals surface area contributed by atoms with E-state index < -0.39 is 0 Å². The second-order valence-electron chi connectivity index (χ2n) is 5.98. The van der Waals surface area contributed by atoms with E-state index in [2.05, 4.69) is 10.3 Å². The van der Waals surface area contributed by atoms with Crippen LogP contribution in [0.25, 0.3) is 0 Å². The summed E-state index contributed by atoms with van der Waals surface area (Å²) in [5, 5.41) is 2.96. The molecule has 0 bridgehead atoms. The van der Waals surface area contributed by atoms with Crippen LogP contribution in [-0.4, -0.2) is 24.8 Å². The topological polar surface area (TPSA) is 50.7 Å². The van der Waals surface area contributed by atoms with Crippen LogP contribution in [0.15, 0.2) is 59.6 Å². The molecule has 136 valence electrons. The molecule has 0 radical (unpaired) electrons. The van der Waals surface area contributed by atoms with Gasteiger partial charge in [0.15, 0.2) is 0 Å². The number of hydrogen-bond acceptors (Lipinski definition) is 3. The van der Waals surface area contributed by atoms with Gasteiger partial charge in [0, 0.05) is 17.8 Å². The predicted octanol–water partition coefficient (Wildman–Crippen LogP) is 4.97. The van der Waals surface area contributed by atoms with Crippen molar-refractivity contribution in [1.82, 2.24) is 0 Å². The summed E-state index contributed by atoms with van der Waals surface area (Å²) < 4.78 is 5.75. The first-order valence-corrected chi connectivity index (χ1v) is 8.81. The van der Waals surface area contributed by atoms with Crippen LogP contribution >= 0.6 is 0 Å². The van der Waals surface area contributed by atoms with Crippen molar-refractivity contribution in [2.75, 3.05) is 18.5 Å². The van der Waals surface area contributed by atoms with E-state index >= 15 is 0 Å². The van der Waals surface area contributed by atoms with Crippen LogP contribution < -0.4 is 10.1 Å². The Bertz CT molecular complexity index is 805. The monoisotopic (exact) mass is 350 g/mol. The zero-order valence-electron chi connectivity index (χ0n) is 15.9. The van der Waals surface area contributed by atoms with E-state index in [1.165, 1.54) is 0 Å². The number of carbonyl (C=O) groups is 1. The van der Waals surface area contributed by atoms with E-state index in [1.807, 2.05) is 58.0 Å². The molecule has 2 aromatic carbocycles. The van der Waals surface area contributed by atoms with E-state index in [0.717, 1.165) is 29.1 Å². The zero-order valence-corrected chi connectivity index (χ0v) is 15.9. The highest BCUT2D eigenvalue weighted by Crippen LogP contribution is 2.19. The first kappa shape index (κ1) is 19.4. The highest BCUT2D eigenvalue weighted by Gasteiger charge is 2.09. The number of ether oxygens (including phenoxy) is 1. The molecule has 26 heavy (non-hydrogen) atoms. The van der Waals surface area contributed by atoms with Crippen molar-refractivity contribution >= 4 is 17.3 Å². The van der Waals surface area contributed by atoms with Gasteiger partial charge in [0.2, 0.25) is 0 Å². The van der Waals surface area contributed by atoms with Crippen LogP contribution in [0.4, 0.5) is 5.69 Å². The Morgan fingerprint density at radius 1 is 1.15 bits per heavy atom. The van der Waals surface area contributed by atoms with Crippen LogP contribution in [0.5, 0.6) is 5.75 Å². The van der Waals surface area contributed by atoms with E-state index in [4.69, 9.17) is 4.74 Å². The molecule has 2 aromatic rings. The Morgan fingerprint density at radius 2 is 1.88 bits per heavy atom. The quantitative estimate of drug-likeness (QED) is 0.717. The molecule has 2 rings (SSSR count). The Morgan fingerprint density at radius 3 is 2.54 bits per heavy atom. The number of hydrogen-bond donors (Lipinski definition) is 1. The lowest BCUT2D eigenvalue weighted by atomic mass is 10.1. The van der Waals surface area contributed by atoms with Gasteiger partial charge in [-0.2, -0.15) is 0 Å². The summed E-state index contributed by atoms with van der Waals surface area (Å²) in [6.45, 7) is 9.11. The van der Waals surface area contributed by atoms with E-state index in [0.29, 0.717) is 17.9 Å². The minimum atomic E-state index is -0.132. The normalized spacial score (nSPS) is 11.6. The van der Waals surface area contributed by atoms with Crippen molar-refractivity contribution in [2.45, 2.75) is 27.7 Å². The molecule has 0 aliphatic heterocycles. The van der Waals surface area contributed by atoms with E-state index in [1.54, 1.807) is 24.3 Å².